The summed E-state index contributed by atoms with van der Waals surface area (Å²) in [5, 5.41) is 9.01. The number of carbonyl (C=O) groups is 2. The van der Waals surface area contributed by atoms with Crippen LogP contribution < -0.4 is 10.6 Å². The first-order valence-electron chi connectivity index (χ1n) is 16.4. The Labute approximate surface area is 290 Å². The highest BCUT2D eigenvalue weighted by atomic mass is 35.5. The second-order valence-corrected chi connectivity index (χ2v) is 12.6. The topological polar surface area (TPSA) is 84.0 Å². The molecular weight excluding hydrogens is 639 g/mol. The van der Waals surface area contributed by atoms with Gasteiger partial charge in [0.25, 0.3) is 11.8 Å². The van der Waals surface area contributed by atoms with Crippen molar-refractivity contribution in [1.29, 1.82) is 0 Å². The minimum atomic E-state index is -0.112. The Bertz CT molecular complexity index is 1930. The number of halogens is 2. The molecule has 0 atom stereocenters. The highest BCUT2D eigenvalue weighted by molar-refractivity contribution is 6.33. The van der Waals surface area contributed by atoms with Crippen LogP contribution in [-0.2, 0) is 0 Å². The Morgan fingerprint density at radius 3 is 1.31 bits per heavy atom. The fourth-order valence-corrected chi connectivity index (χ4v) is 6.36. The molecule has 0 unspecified atom stereocenters. The zero-order valence-electron chi connectivity index (χ0n) is 26.5. The Balaban J connectivity index is 0.946. The third-order valence-electron chi connectivity index (χ3n) is 8.40. The standard InChI is InChI=1S/C40H36Cl2N4O2/c41-33-19-9-5-17-29(33)37-25-31(27-15-7-11-21-35(27)45-37)39(47)43-23-13-3-1-2-4-14-24-44-40(48)32-26-38(30-18-6-10-20-34(30)42)46-36-22-12-8-16-28(32)36/h5-12,15-22,25-26H,1-4,13-14,23-24H2,(H,43,47)(H,44,48). The van der Waals surface area contributed by atoms with Gasteiger partial charge in [-0.2, -0.15) is 0 Å². The quantitative estimate of drug-likeness (QED) is 0.119. The van der Waals surface area contributed by atoms with E-state index < -0.39 is 0 Å². The van der Waals surface area contributed by atoms with Crippen molar-refractivity contribution in [1.82, 2.24) is 20.6 Å². The van der Waals surface area contributed by atoms with E-state index in [1.165, 1.54) is 0 Å². The van der Waals surface area contributed by atoms with Gasteiger partial charge < -0.3 is 10.6 Å². The van der Waals surface area contributed by atoms with Gasteiger partial charge in [0.2, 0.25) is 0 Å². The van der Waals surface area contributed by atoms with Crippen LogP contribution >= 0.6 is 23.2 Å². The van der Waals surface area contributed by atoms with E-state index in [1.54, 1.807) is 0 Å². The van der Waals surface area contributed by atoms with Gasteiger partial charge in [0, 0.05) is 45.0 Å². The van der Waals surface area contributed by atoms with E-state index in [9.17, 15) is 9.59 Å². The number of carbonyl (C=O) groups excluding carboxylic acids is 2. The maximum absolute atomic E-state index is 13.3. The maximum atomic E-state index is 13.3. The Kier molecular flexibility index (Phi) is 11.0. The number of rotatable bonds is 13. The van der Waals surface area contributed by atoms with Gasteiger partial charge in [-0.25, -0.2) is 9.97 Å². The zero-order chi connectivity index (χ0) is 33.3. The summed E-state index contributed by atoms with van der Waals surface area (Å²) in [6.07, 6.45) is 5.95. The molecule has 0 radical (unpaired) electrons. The third kappa shape index (κ3) is 7.84. The normalized spacial score (nSPS) is 11.1. The van der Waals surface area contributed by atoms with Crippen molar-refractivity contribution in [2.24, 2.45) is 0 Å². The summed E-state index contributed by atoms with van der Waals surface area (Å²) in [5.74, 6) is -0.225. The number of para-hydroxylation sites is 2. The molecule has 0 aliphatic heterocycles. The Morgan fingerprint density at radius 1 is 0.500 bits per heavy atom. The first kappa shape index (κ1) is 33.1. The van der Waals surface area contributed by atoms with Crippen LogP contribution in [0.4, 0.5) is 0 Å². The molecule has 0 fully saturated rings. The summed E-state index contributed by atoms with van der Waals surface area (Å²) < 4.78 is 0. The number of nitrogens with zero attached hydrogens (tertiary/aromatic N) is 2. The average Bonchev–Trinajstić information content (AvgIpc) is 3.11. The lowest BCUT2D eigenvalue weighted by molar-refractivity contribution is 0.0946. The molecule has 2 amide bonds. The molecule has 6 nitrogen and oxygen atoms in total. The van der Waals surface area contributed by atoms with Crippen molar-refractivity contribution in [2.75, 3.05) is 13.1 Å². The number of pyridine rings is 2. The molecule has 6 aromatic rings. The van der Waals surface area contributed by atoms with Gasteiger partial charge in [0.1, 0.15) is 0 Å². The summed E-state index contributed by atoms with van der Waals surface area (Å²) in [7, 11) is 0. The van der Waals surface area contributed by atoms with Crippen molar-refractivity contribution in [3.8, 4) is 22.5 Å². The van der Waals surface area contributed by atoms with Gasteiger partial charge in [-0.15, -0.1) is 0 Å². The van der Waals surface area contributed by atoms with Crippen molar-refractivity contribution >= 4 is 56.8 Å². The van der Waals surface area contributed by atoms with Crippen molar-refractivity contribution in [3.05, 3.63) is 130 Å². The van der Waals surface area contributed by atoms with Crippen molar-refractivity contribution in [2.45, 2.75) is 38.5 Å². The van der Waals surface area contributed by atoms with E-state index in [4.69, 9.17) is 33.2 Å². The molecule has 2 N–H and O–H groups in total. The van der Waals surface area contributed by atoms with Gasteiger partial charge in [0.15, 0.2) is 0 Å². The molecule has 242 valence electrons. The SMILES string of the molecule is O=C(NCCCCCCCCNC(=O)c1cc(-c2ccccc2Cl)nc2ccccc12)c1cc(-c2ccccc2Cl)nc2ccccc12. The molecule has 0 aliphatic carbocycles. The minimum Gasteiger partial charge on any atom is -0.352 e. The summed E-state index contributed by atoms with van der Waals surface area (Å²) in [6, 6.07) is 34.1. The molecular formula is C40H36Cl2N4O2. The number of unbranched alkanes of at least 4 members (excludes halogenated alkanes) is 5. The molecule has 0 aliphatic rings. The third-order valence-corrected chi connectivity index (χ3v) is 9.06. The molecule has 8 heteroatoms. The number of nitrogens with one attached hydrogen (secondary N) is 2. The maximum Gasteiger partial charge on any atom is 0.252 e. The van der Waals surface area contributed by atoms with Gasteiger partial charge >= 0.3 is 0 Å². The predicted molar refractivity (Wildman–Crippen MR) is 197 cm³/mol. The Hall–Kier alpha value is -4.78. The highest BCUT2D eigenvalue weighted by Gasteiger charge is 2.16. The summed E-state index contributed by atoms with van der Waals surface area (Å²) in [4.78, 5) is 36.0. The zero-order valence-corrected chi connectivity index (χ0v) is 28.0. The fourth-order valence-electron chi connectivity index (χ4n) is 5.89. The van der Waals surface area contributed by atoms with Crippen LogP contribution in [0.5, 0.6) is 0 Å². The van der Waals surface area contributed by atoms with Crippen LogP contribution in [0.25, 0.3) is 44.3 Å². The number of hydrogen-bond acceptors (Lipinski definition) is 4. The highest BCUT2D eigenvalue weighted by Crippen LogP contribution is 2.31. The molecule has 0 bridgehead atoms. The second kappa shape index (κ2) is 15.9. The van der Waals surface area contributed by atoms with Gasteiger partial charge in [-0.1, -0.05) is 122 Å². The smallest absolute Gasteiger partial charge is 0.252 e. The van der Waals surface area contributed by atoms with Gasteiger partial charge in [0.05, 0.1) is 33.5 Å². The average molecular weight is 676 g/mol. The second-order valence-electron chi connectivity index (χ2n) is 11.7. The van der Waals surface area contributed by atoms with Crippen molar-refractivity contribution in [3.63, 3.8) is 0 Å². The molecule has 4 aromatic carbocycles. The van der Waals surface area contributed by atoms with Crippen LogP contribution in [0.2, 0.25) is 10.0 Å². The number of amides is 2. The van der Waals surface area contributed by atoms with Crippen molar-refractivity contribution < 1.29 is 9.59 Å². The molecule has 0 saturated heterocycles. The molecule has 48 heavy (non-hydrogen) atoms. The molecule has 6 rings (SSSR count). The minimum absolute atomic E-state index is 0.112. The summed E-state index contributed by atoms with van der Waals surface area (Å²) >= 11 is 12.9. The number of hydrogen-bond donors (Lipinski definition) is 2. The largest absolute Gasteiger partial charge is 0.352 e. The van der Waals surface area contributed by atoms with E-state index in [0.717, 1.165) is 71.5 Å². The fraction of sp³-hybridized carbons (Fsp3) is 0.200. The molecule has 0 saturated carbocycles. The first-order chi connectivity index (χ1) is 23.5. The molecule has 0 spiro atoms. The molecule has 2 aromatic heterocycles. The van der Waals surface area contributed by atoms with Gasteiger partial charge in [-0.3, -0.25) is 9.59 Å². The predicted octanol–water partition coefficient (Wildman–Crippen LogP) is 9.92. The lowest BCUT2D eigenvalue weighted by Crippen LogP contribution is -2.25. The van der Waals surface area contributed by atoms with E-state index in [1.807, 2.05) is 109 Å². The van der Waals surface area contributed by atoms with Crippen LogP contribution in [0.1, 0.15) is 59.2 Å². The number of benzene rings is 4. The van der Waals surface area contributed by atoms with Crippen LogP contribution in [-0.4, -0.2) is 34.9 Å². The first-order valence-corrected chi connectivity index (χ1v) is 17.1. The van der Waals surface area contributed by atoms with E-state index >= 15 is 0 Å². The monoisotopic (exact) mass is 674 g/mol. The summed E-state index contributed by atoms with van der Waals surface area (Å²) in [6.45, 7) is 1.20. The lowest BCUT2D eigenvalue weighted by atomic mass is 10.0. The van der Waals surface area contributed by atoms with E-state index in [0.29, 0.717) is 45.6 Å². The summed E-state index contributed by atoms with van der Waals surface area (Å²) in [5.41, 5.74) is 5.65. The Morgan fingerprint density at radius 2 is 0.875 bits per heavy atom. The molecule has 2 heterocycles. The lowest BCUT2D eigenvalue weighted by Gasteiger charge is -2.12. The van der Waals surface area contributed by atoms with Gasteiger partial charge in [-0.05, 0) is 49.2 Å². The van der Waals surface area contributed by atoms with Crippen LogP contribution in [0.15, 0.2) is 109 Å². The van der Waals surface area contributed by atoms with E-state index in [-0.39, 0.29) is 11.8 Å². The van der Waals surface area contributed by atoms with Crippen LogP contribution in [0, 0.1) is 0 Å². The number of fused-ring (bicyclic) bond motifs is 2. The number of aromatic nitrogens is 2. The van der Waals surface area contributed by atoms with Crippen LogP contribution in [0.3, 0.4) is 0 Å². The van der Waals surface area contributed by atoms with E-state index in [2.05, 4.69) is 10.6 Å².